The van der Waals surface area contributed by atoms with E-state index in [2.05, 4.69) is 28.3 Å². The molecule has 0 N–H and O–H groups in total. The summed E-state index contributed by atoms with van der Waals surface area (Å²) in [7, 11) is 0. The Morgan fingerprint density at radius 1 is 1.58 bits per heavy atom. The van der Waals surface area contributed by atoms with Crippen LogP contribution in [0.1, 0.15) is 38.8 Å². The molecule has 106 valence electrons. The lowest BCUT2D eigenvalue weighted by atomic mass is 9.83. The molecule has 2 aliphatic rings. The van der Waals surface area contributed by atoms with Crippen molar-refractivity contribution in [2.24, 2.45) is 11.8 Å². The first kappa shape index (κ1) is 13.5. The number of aromatic nitrogens is 2. The monoisotopic (exact) mass is 281 g/mol. The van der Waals surface area contributed by atoms with E-state index in [-0.39, 0.29) is 5.60 Å². The van der Waals surface area contributed by atoms with E-state index >= 15 is 0 Å². The van der Waals surface area contributed by atoms with E-state index < -0.39 is 0 Å². The third-order valence-corrected chi connectivity index (χ3v) is 5.14. The second kappa shape index (κ2) is 5.46. The molecule has 0 unspecified atom stereocenters. The number of hydrogen-bond donors (Lipinski definition) is 0. The third kappa shape index (κ3) is 2.98. The standard InChI is InChI=1S/C14H23N3OS/c1-11(2)12-6-14(18-8-12)4-3-5-17(10-14)7-13-9-19-16-15-13/h9,11-12H,3-8,10H2,1-2H3/t12-,14+/m1/s1. The van der Waals surface area contributed by atoms with Gasteiger partial charge in [-0.15, -0.1) is 5.10 Å². The first-order valence-electron chi connectivity index (χ1n) is 7.29. The number of hydrogen-bond acceptors (Lipinski definition) is 5. The molecule has 19 heavy (non-hydrogen) atoms. The van der Waals surface area contributed by atoms with Crippen molar-refractivity contribution >= 4 is 11.5 Å². The fourth-order valence-electron chi connectivity index (χ4n) is 3.40. The summed E-state index contributed by atoms with van der Waals surface area (Å²) in [4.78, 5) is 2.49. The minimum absolute atomic E-state index is 0.122. The Morgan fingerprint density at radius 2 is 2.47 bits per heavy atom. The summed E-state index contributed by atoms with van der Waals surface area (Å²) in [6, 6.07) is 0. The lowest BCUT2D eigenvalue weighted by molar-refractivity contribution is -0.0538. The van der Waals surface area contributed by atoms with Crippen LogP contribution >= 0.6 is 11.5 Å². The number of piperidine rings is 1. The van der Waals surface area contributed by atoms with Gasteiger partial charge in [-0.1, -0.05) is 18.3 Å². The van der Waals surface area contributed by atoms with Gasteiger partial charge in [-0.05, 0) is 49.2 Å². The van der Waals surface area contributed by atoms with Crippen LogP contribution in [0.4, 0.5) is 0 Å². The van der Waals surface area contributed by atoms with E-state index in [1.165, 1.54) is 30.8 Å². The highest BCUT2D eigenvalue weighted by Crippen LogP contribution is 2.40. The summed E-state index contributed by atoms with van der Waals surface area (Å²) in [5.41, 5.74) is 1.22. The Labute approximate surface area is 119 Å². The zero-order chi connectivity index (χ0) is 13.3. The maximum atomic E-state index is 6.23. The molecule has 1 aromatic rings. The largest absolute Gasteiger partial charge is 0.373 e. The quantitative estimate of drug-likeness (QED) is 0.853. The minimum Gasteiger partial charge on any atom is -0.373 e. The first-order chi connectivity index (χ1) is 9.17. The minimum atomic E-state index is 0.122. The van der Waals surface area contributed by atoms with Gasteiger partial charge < -0.3 is 4.74 Å². The van der Waals surface area contributed by atoms with Crippen LogP contribution in [-0.4, -0.2) is 39.8 Å². The van der Waals surface area contributed by atoms with Crippen molar-refractivity contribution in [1.82, 2.24) is 14.5 Å². The molecule has 2 atom stereocenters. The summed E-state index contributed by atoms with van der Waals surface area (Å²) < 4.78 is 10.2. The number of likely N-dealkylation sites (tertiary alicyclic amines) is 1. The van der Waals surface area contributed by atoms with Crippen molar-refractivity contribution in [3.8, 4) is 0 Å². The molecule has 0 radical (unpaired) electrons. The van der Waals surface area contributed by atoms with E-state index in [0.717, 1.165) is 43.8 Å². The van der Waals surface area contributed by atoms with E-state index in [9.17, 15) is 0 Å². The van der Waals surface area contributed by atoms with Gasteiger partial charge in [0.2, 0.25) is 0 Å². The summed E-state index contributed by atoms with van der Waals surface area (Å²) in [5, 5.41) is 6.20. The molecule has 2 saturated heterocycles. The molecule has 0 aliphatic carbocycles. The molecule has 1 aromatic heterocycles. The number of ether oxygens (including phenoxy) is 1. The van der Waals surface area contributed by atoms with Crippen molar-refractivity contribution in [2.75, 3.05) is 19.7 Å². The highest BCUT2D eigenvalue weighted by atomic mass is 32.1. The fourth-order valence-corrected chi connectivity index (χ4v) is 3.84. The van der Waals surface area contributed by atoms with Crippen LogP contribution in [0, 0.1) is 11.8 Å². The van der Waals surface area contributed by atoms with Crippen LogP contribution in [-0.2, 0) is 11.3 Å². The molecule has 5 heteroatoms. The van der Waals surface area contributed by atoms with Crippen molar-refractivity contribution in [3.63, 3.8) is 0 Å². The van der Waals surface area contributed by atoms with Crippen LogP contribution < -0.4 is 0 Å². The Balaban J connectivity index is 1.62. The molecule has 2 fully saturated rings. The Bertz CT molecular complexity index is 409. The zero-order valence-corrected chi connectivity index (χ0v) is 12.7. The Morgan fingerprint density at radius 3 is 3.16 bits per heavy atom. The molecule has 0 bridgehead atoms. The van der Waals surface area contributed by atoms with Gasteiger partial charge >= 0.3 is 0 Å². The van der Waals surface area contributed by atoms with Crippen molar-refractivity contribution in [2.45, 2.75) is 45.3 Å². The molecular weight excluding hydrogens is 258 g/mol. The second-order valence-electron chi connectivity index (χ2n) is 6.41. The number of nitrogens with zero attached hydrogens (tertiary/aromatic N) is 3. The fraction of sp³-hybridized carbons (Fsp3) is 0.857. The van der Waals surface area contributed by atoms with E-state index in [1.807, 2.05) is 5.38 Å². The molecule has 2 aliphatic heterocycles. The maximum absolute atomic E-state index is 6.23. The van der Waals surface area contributed by atoms with Crippen molar-refractivity contribution in [3.05, 3.63) is 11.1 Å². The lowest BCUT2D eigenvalue weighted by Crippen LogP contribution is -2.47. The van der Waals surface area contributed by atoms with Crippen LogP contribution in [0.25, 0.3) is 0 Å². The summed E-state index contributed by atoms with van der Waals surface area (Å²) in [6.07, 6.45) is 3.70. The molecule has 3 heterocycles. The molecule has 0 aromatic carbocycles. The summed E-state index contributed by atoms with van der Waals surface area (Å²) >= 11 is 1.44. The highest BCUT2D eigenvalue weighted by Gasteiger charge is 2.44. The molecular formula is C14H23N3OS. The topological polar surface area (TPSA) is 38.2 Å². The van der Waals surface area contributed by atoms with Gasteiger partial charge in [0, 0.05) is 18.5 Å². The van der Waals surface area contributed by atoms with Gasteiger partial charge in [-0.3, -0.25) is 4.90 Å². The van der Waals surface area contributed by atoms with Gasteiger partial charge in [-0.2, -0.15) is 0 Å². The van der Waals surface area contributed by atoms with Crippen LogP contribution in [0.2, 0.25) is 0 Å². The number of rotatable bonds is 3. The third-order valence-electron chi connectivity index (χ3n) is 4.59. The Hall–Kier alpha value is -0.520. The van der Waals surface area contributed by atoms with Gasteiger partial charge in [0.15, 0.2) is 0 Å². The predicted molar refractivity (Wildman–Crippen MR) is 76.0 cm³/mol. The van der Waals surface area contributed by atoms with E-state index in [0.29, 0.717) is 0 Å². The van der Waals surface area contributed by atoms with E-state index in [1.54, 1.807) is 0 Å². The van der Waals surface area contributed by atoms with Crippen LogP contribution in [0.5, 0.6) is 0 Å². The average molecular weight is 281 g/mol. The van der Waals surface area contributed by atoms with Crippen molar-refractivity contribution < 1.29 is 4.74 Å². The summed E-state index contributed by atoms with van der Waals surface area (Å²) in [6.45, 7) is 8.73. The van der Waals surface area contributed by atoms with Crippen molar-refractivity contribution in [1.29, 1.82) is 0 Å². The van der Waals surface area contributed by atoms with Gasteiger partial charge in [0.1, 0.15) is 0 Å². The highest BCUT2D eigenvalue weighted by molar-refractivity contribution is 7.03. The maximum Gasteiger partial charge on any atom is 0.0895 e. The second-order valence-corrected chi connectivity index (χ2v) is 7.02. The smallest absolute Gasteiger partial charge is 0.0895 e. The SMILES string of the molecule is CC(C)[C@H]1CO[C@@]2(CCCN(Cc3csnn3)C2)C1. The van der Waals surface area contributed by atoms with Gasteiger partial charge in [0.25, 0.3) is 0 Å². The van der Waals surface area contributed by atoms with Gasteiger partial charge in [-0.25, -0.2) is 0 Å². The average Bonchev–Trinajstić information content (AvgIpc) is 3.00. The first-order valence-corrected chi connectivity index (χ1v) is 8.13. The molecule has 0 amide bonds. The molecule has 4 nitrogen and oxygen atoms in total. The molecule has 0 saturated carbocycles. The molecule has 1 spiro atoms. The van der Waals surface area contributed by atoms with Gasteiger partial charge in [0.05, 0.1) is 17.9 Å². The Kier molecular flexibility index (Phi) is 3.87. The zero-order valence-electron chi connectivity index (χ0n) is 11.8. The van der Waals surface area contributed by atoms with Crippen LogP contribution in [0.15, 0.2) is 5.38 Å². The summed E-state index contributed by atoms with van der Waals surface area (Å²) in [5.74, 6) is 1.47. The normalized spacial score (nSPS) is 32.5. The molecule has 3 rings (SSSR count). The van der Waals surface area contributed by atoms with Crippen LogP contribution in [0.3, 0.4) is 0 Å². The van der Waals surface area contributed by atoms with E-state index in [4.69, 9.17) is 4.74 Å². The lowest BCUT2D eigenvalue weighted by Gasteiger charge is -2.39. The predicted octanol–water partition coefficient (Wildman–Crippen LogP) is 2.57.